The molecule has 0 aliphatic rings. The molecule has 26 heavy (non-hydrogen) atoms. The van der Waals surface area contributed by atoms with Crippen molar-refractivity contribution < 1.29 is 13.2 Å². The summed E-state index contributed by atoms with van der Waals surface area (Å²) in [6.07, 6.45) is 0.992. The number of hydrogen-bond donors (Lipinski definition) is 2. The topological polar surface area (TPSA) is 83.0 Å². The molecule has 0 bridgehead atoms. The largest absolute Gasteiger partial charge is 0.385 e. The van der Waals surface area contributed by atoms with E-state index in [4.69, 9.17) is 4.74 Å². The summed E-state index contributed by atoms with van der Waals surface area (Å²) in [7, 11) is 0.476. The molecule has 7 nitrogen and oxygen atoms in total. The van der Waals surface area contributed by atoms with Crippen molar-refractivity contribution >= 4 is 15.8 Å². The lowest BCUT2D eigenvalue weighted by Crippen LogP contribution is -2.40. The zero-order chi connectivity index (χ0) is 19.3. The number of methoxy groups -OCH3 is 1. The third kappa shape index (κ3) is 9.17. The summed E-state index contributed by atoms with van der Waals surface area (Å²) in [5, 5.41) is 6.23. The lowest BCUT2D eigenvalue weighted by molar-refractivity contribution is 0.180. The molecule has 0 heterocycles. The number of benzene rings is 1. The highest BCUT2D eigenvalue weighted by molar-refractivity contribution is 7.91. The summed E-state index contributed by atoms with van der Waals surface area (Å²) < 4.78 is 29.6. The van der Waals surface area contributed by atoms with Crippen molar-refractivity contribution in [2.45, 2.75) is 18.2 Å². The summed E-state index contributed by atoms with van der Waals surface area (Å²) in [4.78, 5) is 7.05. The molecular formula is C18H32N4O3S. The van der Waals surface area contributed by atoms with E-state index in [1.165, 1.54) is 0 Å². The van der Waals surface area contributed by atoms with Gasteiger partial charge in [0, 0.05) is 39.9 Å². The van der Waals surface area contributed by atoms with E-state index in [0.717, 1.165) is 32.7 Å². The van der Waals surface area contributed by atoms with Crippen molar-refractivity contribution in [3.8, 4) is 0 Å². The van der Waals surface area contributed by atoms with E-state index in [9.17, 15) is 8.42 Å². The Balaban J connectivity index is 2.42. The maximum atomic E-state index is 12.3. The molecule has 0 aromatic heterocycles. The molecule has 1 rings (SSSR count). The van der Waals surface area contributed by atoms with Crippen molar-refractivity contribution in [3.05, 3.63) is 30.3 Å². The number of nitrogens with zero attached hydrogens (tertiary/aromatic N) is 2. The van der Waals surface area contributed by atoms with Crippen molar-refractivity contribution in [3.63, 3.8) is 0 Å². The minimum Gasteiger partial charge on any atom is -0.385 e. The summed E-state index contributed by atoms with van der Waals surface area (Å²) in [5.74, 6) is 0.666. The summed E-state index contributed by atoms with van der Waals surface area (Å²) in [5.41, 5.74) is 0. The molecule has 0 aliphatic heterocycles. The fourth-order valence-electron chi connectivity index (χ4n) is 2.31. The van der Waals surface area contributed by atoms with Gasteiger partial charge in [-0.2, -0.15) is 0 Å². The van der Waals surface area contributed by atoms with Gasteiger partial charge >= 0.3 is 0 Å². The minimum absolute atomic E-state index is 0.0261. The summed E-state index contributed by atoms with van der Waals surface area (Å²) in [6.45, 7) is 6.21. The second kappa shape index (κ2) is 12.7. The molecule has 0 radical (unpaired) electrons. The molecule has 0 fully saturated rings. The number of aliphatic imine (C=N–C) groups is 1. The molecule has 0 atom stereocenters. The van der Waals surface area contributed by atoms with E-state index in [1.54, 1.807) is 37.4 Å². The smallest absolute Gasteiger partial charge is 0.191 e. The number of nitrogens with one attached hydrogen (secondary N) is 2. The zero-order valence-electron chi connectivity index (χ0n) is 16.1. The van der Waals surface area contributed by atoms with Gasteiger partial charge in [0.05, 0.1) is 17.2 Å². The Morgan fingerprint density at radius 1 is 1.19 bits per heavy atom. The first kappa shape index (κ1) is 22.4. The first-order valence-corrected chi connectivity index (χ1v) is 10.6. The van der Waals surface area contributed by atoms with E-state index in [0.29, 0.717) is 23.9 Å². The molecule has 8 heteroatoms. The van der Waals surface area contributed by atoms with Gasteiger partial charge in [0.2, 0.25) is 0 Å². The predicted octanol–water partition coefficient (Wildman–Crippen LogP) is 0.984. The number of rotatable bonds is 12. The Morgan fingerprint density at radius 3 is 2.58 bits per heavy atom. The van der Waals surface area contributed by atoms with Crippen LogP contribution in [-0.4, -0.2) is 78.5 Å². The Kier molecular flexibility index (Phi) is 10.9. The van der Waals surface area contributed by atoms with Gasteiger partial charge in [0.15, 0.2) is 15.8 Å². The van der Waals surface area contributed by atoms with Crippen LogP contribution in [0, 0.1) is 0 Å². The average Bonchev–Trinajstić information content (AvgIpc) is 2.62. The fraction of sp³-hybridized carbons (Fsp3) is 0.611. The van der Waals surface area contributed by atoms with Crippen LogP contribution in [0.15, 0.2) is 40.2 Å². The van der Waals surface area contributed by atoms with E-state index in [2.05, 4.69) is 27.6 Å². The normalized spacial score (nSPS) is 12.4. The highest BCUT2D eigenvalue weighted by Crippen LogP contribution is 2.09. The molecule has 148 valence electrons. The number of sulfone groups is 1. The first-order chi connectivity index (χ1) is 12.5. The highest BCUT2D eigenvalue weighted by atomic mass is 32.2. The predicted molar refractivity (Wildman–Crippen MR) is 106 cm³/mol. The van der Waals surface area contributed by atoms with Gasteiger partial charge in [-0.15, -0.1) is 0 Å². The average molecular weight is 385 g/mol. The van der Waals surface area contributed by atoms with Crippen LogP contribution in [0.1, 0.15) is 13.3 Å². The zero-order valence-corrected chi connectivity index (χ0v) is 16.9. The third-order valence-electron chi connectivity index (χ3n) is 3.75. The van der Waals surface area contributed by atoms with Gasteiger partial charge < -0.3 is 20.3 Å². The minimum atomic E-state index is -3.28. The maximum Gasteiger partial charge on any atom is 0.191 e. The summed E-state index contributed by atoms with van der Waals surface area (Å²) >= 11 is 0. The van der Waals surface area contributed by atoms with Gasteiger partial charge in [-0.25, -0.2) is 8.42 Å². The quantitative estimate of drug-likeness (QED) is 0.318. The van der Waals surface area contributed by atoms with Gasteiger partial charge in [0.25, 0.3) is 0 Å². The van der Waals surface area contributed by atoms with Crippen LogP contribution in [0.3, 0.4) is 0 Å². The van der Waals surface area contributed by atoms with Crippen LogP contribution in [0.5, 0.6) is 0 Å². The molecule has 0 unspecified atom stereocenters. The molecule has 2 N–H and O–H groups in total. The Labute approximate surface area is 157 Å². The molecule has 0 amide bonds. The number of hydrogen-bond acceptors (Lipinski definition) is 5. The Hall–Kier alpha value is -1.64. The lowest BCUT2D eigenvalue weighted by atomic mass is 10.4. The van der Waals surface area contributed by atoms with E-state index >= 15 is 0 Å². The van der Waals surface area contributed by atoms with Crippen molar-refractivity contribution in [1.82, 2.24) is 15.5 Å². The number of likely N-dealkylation sites (N-methyl/N-ethyl adjacent to an activating group) is 1. The van der Waals surface area contributed by atoms with Crippen LogP contribution in [0.25, 0.3) is 0 Å². The van der Waals surface area contributed by atoms with E-state index in [-0.39, 0.29) is 5.75 Å². The second-order valence-electron chi connectivity index (χ2n) is 5.97. The van der Waals surface area contributed by atoms with Crippen LogP contribution >= 0.6 is 0 Å². The monoisotopic (exact) mass is 384 g/mol. The van der Waals surface area contributed by atoms with Gasteiger partial charge in [-0.1, -0.05) is 18.2 Å². The van der Waals surface area contributed by atoms with Crippen molar-refractivity contribution in [2.75, 3.05) is 59.2 Å². The number of ether oxygens (including phenoxy) is 1. The van der Waals surface area contributed by atoms with Gasteiger partial charge in [-0.05, 0) is 32.5 Å². The van der Waals surface area contributed by atoms with Gasteiger partial charge in [0.1, 0.15) is 0 Å². The number of guanidine groups is 1. The molecule has 0 spiro atoms. The van der Waals surface area contributed by atoms with Gasteiger partial charge in [-0.3, -0.25) is 4.99 Å². The van der Waals surface area contributed by atoms with Crippen LogP contribution in [0.2, 0.25) is 0 Å². The summed E-state index contributed by atoms with van der Waals surface area (Å²) in [6, 6.07) is 8.51. The Morgan fingerprint density at radius 2 is 1.92 bits per heavy atom. The van der Waals surface area contributed by atoms with Crippen LogP contribution < -0.4 is 10.6 Å². The maximum absolute atomic E-state index is 12.3. The Bertz CT molecular complexity index is 621. The first-order valence-electron chi connectivity index (χ1n) is 8.97. The molecule has 0 saturated carbocycles. The molecule has 0 aliphatic carbocycles. The van der Waals surface area contributed by atoms with E-state index < -0.39 is 9.84 Å². The molecule has 1 aromatic carbocycles. The van der Waals surface area contributed by atoms with Crippen molar-refractivity contribution in [1.29, 1.82) is 0 Å². The van der Waals surface area contributed by atoms with E-state index in [1.807, 2.05) is 6.92 Å². The lowest BCUT2D eigenvalue weighted by Gasteiger charge is -2.16. The van der Waals surface area contributed by atoms with Crippen molar-refractivity contribution in [2.24, 2.45) is 4.99 Å². The standard InChI is InChI=1S/C18H32N4O3S/c1-4-19-18(20-11-14-22(2)13-8-15-25-3)21-12-16-26(23,24)17-9-6-5-7-10-17/h5-7,9-10H,4,8,11-16H2,1-3H3,(H2,19,20,21). The van der Waals surface area contributed by atoms with Crippen LogP contribution in [-0.2, 0) is 14.6 Å². The molecule has 0 saturated heterocycles. The highest BCUT2D eigenvalue weighted by Gasteiger charge is 2.13. The third-order valence-corrected chi connectivity index (χ3v) is 5.48. The fourth-order valence-corrected chi connectivity index (χ4v) is 3.49. The molecule has 1 aromatic rings. The molecular weight excluding hydrogens is 352 g/mol. The van der Waals surface area contributed by atoms with Crippen LogP contribution in [0.4, 0.5) is 0 Å². The second-order valence-corrected chi connectivity index (χ2v) is 8.08. The SMILES string of the molecule is CCNC(=NCCN(C)CCCOC)NCCS(=O)(=O)c1ccccc1.